The Labute approximate surface area is 71.3 Å². The average Bonchev–Trinajstić information content (AvgIpc) is 2.58. The monoisotopic (exact) mass is 157 g/mol. The van der Waals surface area contributed by atoms with Gasteiger partial charge in [0.25, 0.3) is 0 Å². The van der Waals surface area contributed by atoms with Crippen molar-refractivity contribution in [3.63, 3.8) is 0 Å². The van der Waals surface area contributed by atoms with E-state index in [4.69, 9.17) is 0 Å². The van der Waals surface area contributed by atoms with Crippen molar-refractivity contribution in [3.8, 4) is 11.4 Å². The van der Waals surface area contributed by atoms with E-state index in [0.29, 0.717) is 0 Å². The number of benzene rings is 1. The van der Waals surface area contributed by atoms with Crippen LogP contribution >= 0.6 is 0 Å². The van der Waals surface area contributed by atoms with Crippen LogP contribution in [0.2, 0.25) is 0 Å². The maximum Gasteiger partial charge on any atom is 0.137 e. The molecule has 1 heterocycles. The van der Waals surface area contributed by atoms with Gasteiger partial charge in [0.2, 0.25) is 0 Å². The van der Waals surface area contributed by atoms with Gasteiger partial charge in [0, 0.05) is 18.0 Å². The second kappa shape index (κ2) is 2.81. The van der Waals surface area contributed by atoms with Crippen molar-refractivity contribution in [3.05, 3.63) is 49.1 Å². The van der Waals surface area contributed by atoms with Crippen LogP contribution in [0.1, 0.15) is 5.56 Å². The Bertz CT molecular complexity index is 346. The number of aromatic amines is 1. The number of imidazole rings is 1. The van der Waals surface area contributed by atoms with Crippen LogP contribution in [0, 0.1) is 6.92 Å². The Morgan fingerprint density at radius 1 is 1.17 bits per heavy atom. The van der Waals surface area contributed by atoms with Crippen LogP contribution in [0.5, 0.6) is 0 Å². The third-order valence-electron chi connectivity index (χ3n) is 1.73. The highest BCUT2D eigenvalue weighted by Gasteiger charge is 1.96. The van der Waals surface area contributed by atoms with Gasteiger partial charge >= 0.3 is 0 Å². The maximum atomic E-state index is 4.14. The molecule has 0 fully saturated rings. The molecule has 1 aromatic heterocycles. The lowest BCUT2D eigenvalue weighted by Gasteiger charge is -1.96. The van der Waals surface area contributed by atoms with Gasteiger partial charge in [0.05, 0.1) is 0 Å². The first-order valence-electron chi connectivity index (χ1n) is 3.78. The van der Waals surface area contributed by atoms with E-state index in [1.165, 1.54) is 0 Å². The van der Waals surface area contributed by atoms with E-state index in [-0.39, 0.29) is 0 Å². The minimum absolute atomic E-state index is 0.898. The summed E-state index contributed by atoms with van der Waals surface area (Å²) < 4.78 is 0. The van der Waals surface area contributed by atoms with Gasteiger partial charge in [0.15, 0.2) is 0 Å². The SMILES string of the molecule is [CH2]c1ccc(-c2ncc[nH]2)cc1. The Balaban J connectivity index is 2.43. The third kappa shape index (κ3) is 1.23. The minimum atomic E-state index is 0.898. The van der Waals surface area contributed by atoms with E-state index in [9.17, 15) is 0 Å². The molecule has 59 valence electrons. The van der Waals surface area contributed by atoms with Crippen molar-refractivity contribution < 1.29 is 0 Å². The molecule has 0 atom stereocenters. The van der Waals surface area contributed by atoms with Crippen LogP contribution in [0.25, 0.3) is 11.4 Å². The highest BCUT2D eigenvalue weighted by molar-refractivity contribution is 5.55. The normalized spacial score (nSPS) is 10.1. The van der Waals surface area contributed by atoms with Gasteiger partial charge in [-0.25, -0.2) is 4.98 Å². The van der Waals surface area contributed by atoms with Gasteiger partial charge in [-0.3, -0.25) is 0 Å². The van der Waals surface area contributed by atoms with Crippen LogP contribution in [0.3, 0.4) is 0 Å². The number of rotatable bonds is 1. The van der Waals surface area contributed by atoms with Crippen LogP contribution in [0.4, 0.5) is 0 Å². The molecule has 2 nitrogen and oxygen atoms in total. The molecule has 0 unspecified atom stereocenters. The topological polar surface area (TPSA) is 28.7 Å². The van der Waals surface area contributed by atoms with Gasteiger partial charge in [-0.1, -0.05) is 24.3 Å². The van der Waals surface area contributed by atoms with Crippen molar-refractivity contribution in [2.24, 2.45) is 0 Å². The van der Waals surface area contributed by atoms with E-state index < -0.39 is 0 Å². The van der Waals surface area contributed by atoms with E-state index in [0.717, 1.165) is 17.0 Å². The predicted octanol–water partition coefficient (Wildman–Crippen LogP) is 2.26. The fourth-order valence-corrected chi connectivity index (χ4v) is 1.09. The molecule has 1 N–H and O–H groups in total. The van der Waals surface area contributed by atoms with Crippen molar-refractivity contribution in [1.82, 2.24) is 9.97 Å². The van der Waals surface area contributed by atoms with Gasteiger partial charge in [0.1, 0.15) is 5.82 Å². The molecule has 0 saturated heterocycles. The summed E-state index contributed by atoms with van der Waals surface area (Å²) in [6.45, 7) is 3.81. The summed E-state index contributed by atoms with van der Waals surface area (Å²) in [6, 6.07) is 7.94. The minimum Gasteiger partial charge on any atom is -0.345 e. The van der Waals surface area contributed by atoms with E-state index >= 15 is 0 Å². The van der Waals surface area contributed by atoms with Gasteiger partial charge in [-0.15, -0.1) is 0 Å². The molecular weight excluding hydrogens is 148 g/mol. The molecule has 0 amide bonds. The van der Waals surface area contributed by atoms with E-state index in [2.05, 4.69) is 16.9 Å². The molecule has 0 aliphatic carbocycles. The Hall–Kier alpha value is -1.57. The molecule has 2 heteroatoms. The fraction of sp³-hybridized carbons (Fsp3) is 0. The molecule has 12 heavy (non-hydrogen) atoms. The zero-order valence-corrected chi connectivity index (χ0v) is 6.62. The zero-order valence-electron chi connectivity index (χ0n) is 6.62. The van der Waals surface area contributed by atoms with Crippen LogP contribution in [0.15, 0.2) is 36.7 Å². The Kier molecular flexibility index (Phi) is 1.67. The third-order valence-corrected chi connectivity index (χ3v) is 1.73. The molecule has 2 aromatic rings. The van der Waals surface area contributed by atoms with Crippen LogP contribution in [-0.2, 0) is 0 Å². The highest BCUT2D eigenvalue weighted by Crippen LogP contribution is 2.13. The number of aromatic nitrogens is 2. The maximum absolute atomic E-state index is 4.14. The number of H-pyrrole nitrogens is 1. The van der Waals surface area contributed by atoms with Crippen LogP contribution in [-0.4, -0.2) is 9.97 Å². The summed E-state index contributed by atoms with van der Waals surface area (Å²) in [7, 11) is 0. The molecule has 2 rings (SSSR count). The quantitative estimate of drug-likeness (QED) is 0.675. The molecule has 1 radical (unpaired) electrons. The molecule has 0 saturated carbocycles. The zero-order chi connectivity index (χ0) is 8.39. The lowest BCUT2D eigenvalue weighted by molar-refractivity contribution is 1.31. The van der Waals surface area contributed by atoms with Gasteiger partial charge in [-0.2, -0.15) is 0 Å². The van der Waals surface area contributed by atoms with Gasteiger partial charge < -0.3 is 4.98 Å². The lowest BCUT2D eigenvalue weighted by Crippen LogP contribution is -1.79. The number of nitrogens with zero attached hydrogens (tertiary/aromatic N) is 1. The summed E-state index contributed by atoms with van der Waals surface area (Å²) in [5, 5.41) is 0. The summed E-state index contributed by atoms with van der Waals surface area (Å²) in [4.78, 5) is 7.18. The first-order chi connectivity index (χ1) is 5.86. The molecule has 0 spiro atoms. The summed E-state index contributed by atoms with van der Waals surface area (Å²) in [5.41, 5.74) is 2.11. The standard InChI is InChI=1S/C10H9N2/c1-8-2-4-9(5-3-8)10-11-6-7-12-10/h2-7H,1H2,(H,11,12). The van der Waals surface area contributed by atoms with Crippen LogP contribution < -0.4 is 0 Å². The number of nitrogens with one attached hydrogen (secondary N) is 1. The summed E-state index contributed by atoms with van der Waals surface area (Å²) >= 11 is 0. The Morgan fingerprint density at radius 3 is 2.50 bits per heavy atom. The largest absolute Gasteiger partial charge is 0.345 e. The Morgan fingerprint density at radius 2 is 1.92 bits per heavy atom. The first kappa shape index (κ1) is 7.10. The summed E-state index contributed by atoms with van der Waals surface area (Å²) in [6.07, 6.45) is 3.56. The van der Waals surface area contributed by atoms with Crippen molar-refractivity contribution in [2.45, 2.75) is 0 Å². The summed E-state index contributed by atoms with van der Waals surface area (Å²) in [5.74, 6) is 0.898. The second-order valence-electron chi connectivity index (χ2n) is 2.63. The molecule has 0 bridgehead atoms. The smallest absolute Gasteiger partial charge is 0.137 e. The van der Waals surface area contributed by atoms with Crippen molar-refractivity contribution in [2.75, 3.05) is 0 Å². The first-order valence-corrected chi connectivity index (χ1v) is 3.78. The lowest BCUT2D eigenvalue weighted by atomic mass is 10.1. The molecule has 1 aromatic carbocycles. The van der Waals surface area contributed by atoms with E-state index in [1.807, 2.05) is 30.5 Å². The molecule has 0 aliphatic heterocycles. The fourth-order valence-electron chi connectivity index (χ4n) is 1.09. The van der Waals surface area contributed by atoms with Crippen molar-refractivity contribution in [1.29, 1.82) is 0 Å². The number of hydrogen-bond acceptors (Lipinski definition) is 1. The number of hydrogen-bond donors (Lipinski definition) is 1. The van der Waals surface area contributed by atoms with Gasteiger partial charge in [-0.05, 0) is 12.5 Å². The van der Waals surface area contributed by atoms with E-state index in [1.54, 1.807) is 6.20 Å². The van der Waals surface area contributed by atoms with Crippen molar-refractivity contribution >= 4 is 0 Å². The predicted molar refractivity (Wildman–Crippen MR) is 48.5 cm³/mol. The molecular formula is C10H9N2. The average molecular weight is 157 g/mol. The second-order valence-corrected chi connectivity index (χ2v) is 2.63. The molecule has 0 aliphatic rings. The highest BCUT2D eigenvalue weighted by atomic mass is 14.9.